The van der Waals surface area contributed by atoms with Gasteiger partial charge in [-0.1, -0.05) is 46.8 Å². The summed E-state index contributed by atoms with van der Waals surface area (Å²) in [6, 6.07) is 4.79. The van der Waals surface area contributed by atoms with Gasteiger partial charge in [0.25, 0.3) is 0 Å². The number of nitrogens with two attached hydrogens (primary N) is 1. The second-order valence-corrected chi connectivity index (χ2v) is 5.77. The van der Waals surface area contributed by atoms with Gasteiger partial charge in [0.15, 0.2) is 0 Å². The van der Waals surface area contributed by atoms with E-state index in [1.807, 2.05) is 0 Å². The molecule has 0 saturated heterocycles. The fourth-order valence-corrected chi connectivity index (χ4v) is 2.96. The van der Waals surface area contributed by atoms with Crippen molar-refractivity contribution in [3.63, 3.8) is 0 Å². The zero-order valence-corrected chi connectivity index (χ0v) is 12.8. The minimum atomic E-state index is 0.192. The van der Waals surface area contributed by atoms with Crippen LogP contribution in [0.15, 0.2) is 12.1 Å². The number of aryl methyl sites for hydroxylation is 3. The third-order valence-corrected chi connectivity index (χ3v) is 3.98. The molecule has 0 aromatic heterocycles. The molecule has 2 N–H and O–H groups in total. The highest BCUT2D eigenvalue weighted by atomic mass is 14.5. The Kier molecular flexibility index (Phi) is 5.40. The fourth-order valence-electron chi connectivity index (χ4n) is 2.96. The van der Waals surface area contributed by atoms with Gasteiger partial charge in [-0.15, -0.1) is 0 Å². The Bertz CT molecular complexity index is 366. The van der Waals surface area contributed by atoms with E-state index in [4.69, 9.17) is 5.73 Å². The van der Waals surface area contributed by atoms with Gasteiger partial charge in [-0.25, -0.2) is 0 Å². The summed E-state index contributed by atoms with van der Waals surface area (Å²) < 4.78 is 0. The standard InChI is InChI=1S/C17H29N/c1-6-13-11-14(7-2)16(15(8-3)12-13)17(4,5)9-10-18/h11-12H,6-10,18H2,1-5H3. The highest BCUT2D eigenvalue weighted by Crippen LogP contribution is 2.34. The van der Waals surface area contributed by atoms with Crippen LogP contribution in [-0.4, -0.2) is 6.54 Å². The van der Waals surface area contributed by atoms with Gasteiger partial charge >= 0.3 is 0 Å². The molecule has 0 atom stereocenters. The van der Waals surface area contributed by atoms with Crippen LogP contribution in [0.1, 0.15) is 63.3 Å². The Morgan fingerprint density at radius 3 is 1.78 bits per heavy atom. The molecule has 1 heteroatoms. The monoisotopic (exact) mass is 247 g/mol. The Hall–Kier alpha value is -0.820. The Labute approximate surface area is 113 Å². The maximum Gasteiger partial charge on any atom is -0.00690 e. The van der Waals surface area contributed by atoms with E-state index in [9.17, 15) is 0 Å². The second kappa shape index (κ2) is 6.38. The quantitative estimate of drug-likeness (QED) is 0.808. The SMILES string of the molecule is CCc1cc(CC)c(C(C)(C)CCN)c(CC)c1. The van der Waals surface area contributed by atoms with Gasteiger partial charge in [0.05, 0.1) is 0 Å². The summed E-state index contributed by atoms with van der Waals surface area (Å²) in [5.41, 5.74) is 12.0. The van der Waals surface area contributed by atoms with E-state index >= 15 is 0 Å². The third kappa shape index (κ3) is 3.14. The lowest BCUT2D eigenvalue weighted by Gasteiger charge is -2.30. The molecular formula is C17H29N. The molecule has 0 unspecified atom stereocenters. The fraction of sp³-hybridized carbons (Fsp3) is 0.647. The van der Waals surface area contributed by atoms with Crippen molar-refractivity contribution >= 4 is 0 Å². The summed E-state index contributed by atoms with van der Waals surface area (Å²) in [5, 5.41) is 0. The van der Waals surface area contributed by atoms with Gasteiger partial charge in [0.2, 0.25) is 0 Å². The average molecular weight is 247 g/mol. The Balaban J connectivity index is 3.39. The maximum atomic E-state index is 5.79. The highest BCUT2D eigenvalue weighted by Gasteiger charge is 2.25. The average Bonchev–Trinajstić information content (AvgIpc) is 2.36. The van der Waals surface area contributed by atoms with E-state index in [0.29, 0.717) is 0 Å². The molecule has 0 radical (unpaired) electrons. The summed E-state index contributed by atoms with van der Waals surface area (Å²) in [6.45, 7) is 12.2. The van der Waals surface area contributed by atoms with Crippen molar-refractivity contribution in [1.29, 1.82) is 0 Å². The Morgan fingerprint density at radius 2 is 1.44 bits per heavy atom. The van der Waals surface area contributed by atoms with E-state index in [2.05, 4.69) is 46.8 Å². The summed E-state index contributed by atoms with van der Waals surface area (Å²) >= 11 is 0. The van der Waals surface area contributed by atoms with E-state index in [-0.39, 0.29) is 5.41 Å². The molecule has 0 aliphatic rings. The predicted molar refractivity (Wildman–Crippen MR) is 81.3 cm³/mol. The lowest BCUT2D eigenvalue weighted by Crippen LogP contribution is -2.25. The van der Waals surface area contributed by atoms with Crippen molar-refractivity contribution in [2.75, 3.05) is 6.54 Å². The second-order valence-electron chi connectivity index (χ2n) is 5.77. The lowest BCUT2D eigenvalue weighted by molar-refractivity contribution is 0.479. The van der Waals surface area contributed by atoms with E-state index < -0.39 is 0 Å². The van der Waals surface area contributed by atoms with Crippen molar-refractivity contribution in [2.45, 2.75) is 65.7 Å². The van der Waals surface area contributed by atoms with Crippen LogP contribution in [0.2, 0.25) is 0 Å². The highest BCUT2D eigenvalue weighted by molar-refractivity contribution is 5.44. The van der Waals surface area contributed by atoms with Gasteiger partial charge in [-0.2, -0.15) is 0 Å². The minimum absolute atomic E-state index is 0.192. The number of hydrogen-bond acceptors (Lipinski definition) is 1. The van der Waals surface area contributed by atoms with Crippen molar-refractivity contribution in [3.8, 4) is 0 Å². The topological polar surface area (TPSA) is 26.0 Å². The van der Waals surface area contributed by atoms with Crippen LogP contribution in [0.25, 0.3) is 0 Å². The summed E-state index contributed by atoms with van der Waals surface area (Å²) in [4.78, 5) is 0. The summed E-state index contributed by atoms with van der Waals surface area (Å²) in [6.07, 6.45) is 4.41. The molecule has 0 aliphatic carbocycles. The van der Waals surface area contributed by atoms with E-state index in [0.717, 1.165) is 32.2 Å². The van der Waals surface area contributed by atoms with Gasteiger partial charge < -0.3 is 5.73 Å². The molecule has 0 heterocycles. The number of hydrogen-bond donors (Lipinski definition) is 1. The first-order chi connectivity index (χ1) is 8.50. The van der Waals surface area contributed by atoms with E-state index in [1.54, 1.807) is 5.56 Å². The minimum Gasteiger partial charge on any atom is -0.330 e. The molecule has 0 spiro atoms. The molecule has 0 fully saturated rings. The smallest absolute Gasteiger partial charge is 0.00690 e. The Morgan fingerprint density at radius 1 is 0.944 bits per heavy atom. The first kappa shape index (κ1) is 15.2. The lowest BCUT2D eigenvalue weighted by atomic mass is 9.75. The van der Waals surface area contributed by atoms with Gasteiger partial charge in [0.1, 0.15) is 0 Å². The number of benzene rings is 1. The number of rotatable bonds is 6. The van der Waals surface area contributed by atoms with Crippen LogP contribution in [0.5, 0.6) is 0 Å². The molecule has 1 rings (SSSR count). The predicted octanol–water partition coefficient (Wildman–Crippen LogP) is 4.00. The molecule has 0 aliphatic heterocycles. The largest absolute Gasteiger partial charge is 0.330 e. The molecule has 0 amide bonds. The van der Waals surface area contributed by atoms with Crippen LogP contribution in [-0.2, 0) is 24.7 Å². The van der Waals surface area contributed by atoms with Crippen LogP contribution in [0.3, 0.4) is 0 Å². The molecule has 1 nitrogen and oxygen atoms in total. The molecule has 18 heavy (non-hydrogen) atoms. The molecule has 102 valence electrons. The third-order valence-electron chi connectivity index (χ3n) is 3.98. The molecule has 1 aromatic carbocycles. The van der Waals surface area contributed by atoms with Gasteiger partial charge in [0, 0.05) is 0 Å². The first-order valence-corrected chi connectivity index (χ1v) is 7.35. The van der Waals surface area contributed by atoms with Crippen LogP contribution in [0.4, 0.5) is 0 Å². The zero-order valence-electron chi connectivity index (χ0n) is 12.8. The zero-order chi connectivity index (χ0) is 13.8. The summed E-state index contributed by atoms with van der Waals surface area (Å²) in [5.74, 6) is 0. The molecular weight excluding hydrogens is 218 g/mol. The van der Waals surface area contributed by atoms with Crippen molar-refractivity contribution < 1.29 is 0 Å². The van der Waals surface area contributed by atoms with Crippen molar-refractivity contribution in [2.24, 2.45) is 5.73 Å². The van der Waals surface area contributed by atoms with E-state index in [1.165, 1.54) is 16.7 Å². The molecule has 0 saturated carbocycles. The van der Waals surface area contributed by atoms with Crippen molar-refractivity contribution in [3.05, 3.63) is 34.4 Å². The first-order valence-electron chi connectivity index (χ1n) is 7.35. The maximum absolute atomic E-state index is 5.79. The summed E-state index contributed by atoms with van der Waals surface area (Å²) in [7, 11) is 0. The van der Waals surface area contributed by atoms with Gasteiger partial charge in [-0.3, -0.25) is 0 Å². The molecule has 0 bridgehead atoms. The van der Waals surface area contributed by atoms with Crippen LogP contribution < -0.4 is 5.73 Å². The van der Waals surface area contributed by atoms with Gasteiger partial charge in [-0.05, 0) is 59.9 Å². The normalized spacial score (nSPS) is 11.9. The van der Waals surface area contributed by atoms with Crippen LogP contribution in [0, 0.1) is 0 Å². The van der Waals surface area contributed by atoms with Crippen LogP contribution >= 0.6 is 0 Å². The van der Waals surface area contributed by atoms with Crippen molar-refractivity contribution in [1.82, 2.24) is 0 Å². The molecule has 1 aromatic rings.